The Labute approximate surface area is 75.2 Å². The van der Waals surface area contributed by atoms with Gasteiger partial charge in [-0.3, -0.25) is 14.2 Å². The molecular formula is C5H11N2O5P. The van der Waals surface area contributed by atoms with E-state index in [0.717, 1.165) is 6.66 Å². The number of rotatable bonds is 4. The highest BCUT2D eigenvalue weighted by Crippen LogP contribution is 2.40. The van der Waals surface area contributed by atoms with Crippen molar-refractivity contribution >= 4 is 19.4 Å². The third kappa shape index (κ3) is 7.45. The van der Waals surface area contributed by atoms with Crippen LogP contribution in [0.25, 0.3) is 0 Å². The molecule has 0 aromatic carbocycles. The molecule has 13 heavy (non-hydrogen) atoms. The van der Waals surface area contributed by atoms with Crippen molar-refractivity contribution in [2.75, 3.05) is 6.66 Å². The Hall–Kier alpha value is -0.910. The van der Waals surface area contributed by atoms with Crippen molar-refractivity contribution in [1.82, 2.24) is 11.0 Å². The molecule has 0 unspecified atom stereocenters. The molecule has 0 saturated heterocycles. The Morgan fingerprint density at radius 1 is 1.08 bits per heavy atom. The number of carbonyl (C=O) groups excluding carboxylic acids is 2. The summed E-state index contributed by atoms with van der Waals surface area (Å²) >= 11 is 0. The zero-order chi connectivity index (χ0) is 10.5. The molecule has 0 spiro atoms. The topological polar surface area (TPSA) is 93.7 Å². The van der Waals surface area contributed by atoms with Gasteiger partial charge in [0.1, 0.15) is 0 Å². The average molecular weight is 210 g/mol. The van der Waals surface area contributed by atoms with E-state index in [-0.39, 0.29) is 0 Å². The molecule has 0 aromatic rings. The predicted molar refractivity (Wildman–Crippen MR) is 43.3 cm³/mol. The quantitative estimate of drug-likeness (QED) is 0.501. The van der Waals surface area contributed by atoms with Gasteiger partial charge >= 0.3 is 7.60 Å². The van der Waals surface area contributed by atoms with Crippen LogP contribution in [0.4, 0.5) is 0 Å². The Balaban J connectivity index is 3.87. The molecule has 2 N–H and O–H groups in total. The molecule has 8 heteroatoms. The van der Waals surface area contributed by atoms with Crippen molar-refractivity contribution in [1.29, 1.82) is 0 Å². The van der Waals surface area contributed by atoms with E-state index < -0.39 is 19.4 Å². The predicted octanol–water partition coefficient (Wildman–Crippen LogP) is -0.0553. The monoisotopic (exact) mass is 210 g/mol. The first-order chi connectivity index (χ1) is 5.83. The SMILES string of the molecule is CC(=O)NOP(C)(=O)ONC(C)=O. The molecule has 76 valence electrons. The maximum Gasteiger partial charge on any atom is 0.369 e. The van der Waals surface area contributed by atoms with Gasteiger partial charge in [0.25, 0.3) is 0 Å². The lowest BCUT2D eigenvalue weighted by Crippen LogP contribution is -2.23. The Morgan fingerprint density at radius 2 is 1.38 bits per heavy atom. The molecular weight excluding hydrogens is 199 g/mol. The summed E-state index contributed by atoms with van der Waals surface area (Å²) in [6, 6.07) is 0. The van der Waals surface area contributed by atoms with Gasteiger partial charge < -0.3 is 0 Å². The standard InChI is InChI=1S/C5H11N2O5P/c1-4(8)6-11-13(3,10)12-7-5(2)9/h1-3H3,(H,6,8)(H,7,9). The molecule has 0 rings (SSSR count). The fraction of sp³-hybridized carbons (Fsp3) is 0.600. The minimum Gasteiger partial charge on any atom is -0.273 e. The highest BCUT2D eigenvalue weighted by atomic mass is 31.2. The number of hydrogen-bond donors (Lipinski definition) is 2. The molecule has 0 aliphatic rings. The smallest absolute Gasteiger partial charge is 0.273 e. The van der Waals surface area contributed by atoms with Crippen molar-refractivity contribution in [2.45, 2.75) is 13.8 Å². The maximum atomic E-state index is 11.1. The summed E-state index contributed by atoms with van der Waals surface area (Å²) < 4.78 is 19.9. The van der Waals surface area contributed by atoms with Crippen LogP contribution in [0.1, 0.15) is 13.8 Å². The van der Waals surface area contributed by atoms with E-state index in [1.807, 2.05) is 11.0 Å². The zero-order valence-electron chi connectivity index (χ0n) is 7.49. The van der Waals surface area contributed by atoms with Crippen molar-refractivity contribution in [3.8, 4) is 0 Å². The first kappa shape index (κ1) is 12.1. The zero-order valence-corrected chi connectivity index (χ0v) is 8.38. The van der Waals surface area contributed by atoms with Crippen LogP contribution in [-0.2, 0) is 23.4 Å². The van der Waals surface area contributed by atoms with Gasteiger partial charge in [-0.25, -0.2) is 11.0 Å². The molecule has 0 saturated carbocycles. The first-order valence-electron chi connectivity index (χ1n) is 3.31. The molecule has 7 nitrogen and oxygen atoms in total. The highest BCUT2D eigenvalue weighted by Gasteiger charge is 2.19. The van der Waals surface area contributed by atoms with Crippen LogP contribution in [0.3, 0.4) is 0 Å². The summed E-state index contributed by atoms with van der Waals surface area (Å²) in [7, 11) is -3.46. The second kappa shape index (κ2) is 4.96. The van der Waals surface area contributed by atoms with Crippen LogP contribution >= 0.6 is 7.60 Å². The maximum absolute atomic E-state index is 11.1. The van der Waals surface area contributed by atoms with Crippen LogP contribution < -0.4 is 11.0 Å². The molecule has 2 amide bonds. The number of hydrogen-bond acceptors (Lipinski definition) is 5. The van der Waals surface area contributed by atoms with Crippen molar-refractivity contribution in [3.05, 3.63) is 0 Å². The van der Waals surface area contributed by atoms with Crippen molar-refractivity contribution in [3.63, 3.8) is 0 Å². The summed E-state index contributed by atoms with van der Waals surface area (Å²) in [4.78, 5) is 20.7. The van der Waals surface area contributed by atoms with E-state index in [0.29, 0.717) is 0 Å². The summed E-state index contributed by atoms with van der Waals surface area (Å²) in [5, 5.41) is 0. The number of nitrogens with one attached hydrogen (secondary N) is 2. The average Bonchev–Trinajstić information content (AvgIpc) is 1.98. The second-order valence-electron chi connectivity index (χ2n) is 2.27. The number of amides is 2. The molecule has 0 aliphatic heterocycles. The van der Waals surface area contributed by atoms with Gasteiger partial charge in [0.15, 0.2) is 0 Å². The summed E-state index contributed by atoms with van der Waals surface area (Å²) in [6.07, 6.45) is 0. The van der Waals surface area contributed by atoms with Crippen LogP contribution in [0.5, 0.6) is 0 Å². The molecule has 0 radical (unpaired) electrons. The molecule has 0 bridgehead atoms. The van der Waals surface area contributed by atoms with Crippen LogP contribution in [0.2, 0.25) is 0 Å². The molecule has 0 fully saturated rings. The van der Waals surface area contributed by atoms with E-state index >= 15 is 0 Å². The highest BCUT2D eigenvalue weighted by molar-refractivity contribution is 7.52. The molecule has 0 aliphatic carbocycles. The van der Waals surface area contributed by atoms with E-state index in [4.69, 9.17) is 0 Å². The molecule has 0 atom stereocenters. The van der Waals surface area contributed by atoms with Crippen molar-refractivity contribution < 1.29 is 23.4 Å². The Bertz CT molecular complexity index is 231. The molecule has 0 aromatic heterocycles. The molecule has 0 heterocycles. The number of hydroxylamine groups is 2. The summed E-state index contributed by atoms with van der Waals surface area (Å²) in [5.41, 5.74) is 3.66. The minimum absolute atomic E-state index is 0.520. The minimum atomic E-state index is -3.46. The van der Waals surface area contributed by atoms with Gasteiger partial charge in [0, 0.05) is 20.5 Å². The van der Waals surface area contributed by atoms with E-state index in [1.165, 1.54) is 13.8 Å². The summed E-state index contributed by atoms with van der Waals surface area (Å²) in [5.74, 6) is -1.04. The van der Waals surface area contributed by atoms with Crippen LogP contribution in [0.15, 0.2) is 0 Å². The Morgan fingerprint density at radius 3 is 1.62 bits per heavy atom. The van der Waals surface area contributed by atoms with Gasteiger partial charge in [0.05, 0.1) is 0 Å². The van der Waals surface area contributed by atoms with Gasteiger partial charge in [-0.2, -0.15) is 9.25 Å². The lowest BCUT2D eigenvalue weighted by molar-refractivity contribution is -0.127. The van der Waals surface area contributed by atoms with Gasteiger partial charge in [-0.1, -0.05) is 0 Å². The largest absolute Gasteiger partial charge is 0.369 e. The third-order valence-corrected chi connectivity index (χ3v) is 1.56. The van der Waals surface area contributed by atoms with Gasteiger partial charge in [-0.05, 0) is 0 Å². The van der Waals surface area contributed by atoms with Crippen LogP contribution in [-0.4, -0.2) is 18.5 Å². The fourth-order valence-electron chi connectivity index (χ4n) is 0.313. The third-order valence-electron chi connectivity index (χ3n) is 0.710. The lowest BCUT2D eigenvalue weighted by atomic mass is 10.8. The van der Waals surface area contributed by atoms with Gasteiger partial charge in [-0.15, -0.1) is 0 Å². The van der Waals surface area contributed by atoms with Crippen molar-refractivity contribution in [2.24, 2.45) is 0 Å². The Kier molecular flexibility index (Phi) is 4.61. The lowest BCUT2D eigenvalue weighted by Gasteiger charge is -2.11. The first-order valence-corrected chi connectivity index (χ1v) is 5.30. The van der Waals surface area contributed by atoms with E-state index in [1.54, 1.807) is 0 Å². The normalized spacial score (nSPS) is 10.7. The fourth-order valence-corrected chi connectivity index (χ4v) is 0.939. The van der Waals surface area contributed by atoms with Crippen LogP contribution in [0, 0.1) is 0 Å². The summed E-state index contributed by atoms with van der Waals surface area (Å²) in [6.45, 7) is 3.45. The second-order valence-corrected chi connectivity index (χ2v) is 4.18. The van der Waals surface area contributed by atoms with E-state index in [2.05, 4.69) is 9.25 Å². The van der Waals surface area contributed by atoms with E-state index in [9.17, 15) is 14.2 Å². The van der Waals surface area contributed by atoms with Gasteiger partial charge in [0.2, 0.25) is 11.8 Å². The number of carbonyl (C=O) groups is 2.